The van der Waals surface area contributed by atoms with Crippen molar-refractivity contribution in [2.75, 3.05) is 0 Å². The van der Waals surface area contributed by atoms with E-state index in [0.717, 1.165) is 17.0 Å². The van der Waals surface area contributed by atoms with Crippen molar-refractivity contribution in [1.29, 1.82) is 0 Å². The first kappa shape index (κ1) is 19.5. The number of carbonyl (C=O) groups excluding carboxylic acids is 1. The fraction of sp³-hybridized carbons (Fsp3) is 0.273. The van der Waals surface area contributed by atoms with Crippen LogP contribution in [0.3, 0.4) is 0 Å². The lowest BCUT2D eigenvalue weighted by atomic mass is 9.64. The van der Waals surface area contributed by atoms with Crippen LogP contribution in [0.4, 0.5) is 8.78 Å². The largest absolute Gasteiger partial charge is 0.486 e. The van der Waals surface area contributed by atoms with Crippen molar-refractivity contribution in [2.45, 2.75) is 37.9 Å². The van der Waals surface area contributed by atoms with Crippen LogP contribution < -0.4 is 4.74 Å². The Morgan fingerprint density at radius 3 is 2.28 bits per heavy atom. The van der Waals surface area contributed by atoms with Crippen molar-refractivity contribution in [3.05, 3.63) is 81.8 Å². The molecule has 150 valence electrons. The summed E-state index contributed by atoms with van der Waals surface area (Å²) >= 11 is 1.41. The maximum absolute atomic E-state index is 13.2. The molecule has 0 saturated heterocycles. The highest BCUT2D eigenvalue weighted by Gasteiger charge is 2.47. The van der Waals surface area contributed by atoms with Crippen LogP contribution in [0.15, 0.2) is 53.9 Å². The topological polar surface area (TPSA) is 48.4 Å². The van der Waals surface area contributed by atoms with E-state index in [0.29, 0.717) is 24.3 Å². The molecule has 3 aromatic rings. The van der Waals surface area contributed by atoms with Gasteiger partial charge in [-0.1, -0.05) is 18.6 Å². The number of benzene rings is 2. The molecule has 2 aromatic carbocycles. The number of nitrogens with zero attached hydrogens (tertiary/aromatic N) is 1. The summed E-state index contributed by atoms with van der Waals surface area (Å²) in [6.07, 6.45) is 2.34. The van der Waals surface area contributed by atoms with Crippen molar-refractivity contribution in [2.24, 2.45) is 0 Å². The second-order valence-corrected chi connectivity index (χ2v) is 7.94. The van der Waals surface area contributed by atoms with Gasteiger partial charge >= 0.3 is 5.97 Å². The Morgan fingerprint density at radius 2 is 1.66 bits per heavy atom. The standard InChI is InChI=1S/C22H19F2NO3S/c23-16-4-2-15(3-5-16)22(10-1-11-22)21(26)28-12-18-14-29-20(25-18)13-27-19-8-6-17(24)7-9-19/h2-9,14H,1,10-13H2. The number of hydrogen-bond acceptors (Lipinski definition) is 5. The van der Waals surface area contributed by atoms with E-state index in [4.69, 9.17) is 9.47 Å². The van der Waals surface area contributed by atoms with Crippen LogP contribution >= 0.6 is 11.3 Å². The third-order valence-corrected chi connectivity index (χ3v) is 5.99. The zero-order valence-corrected chi connectivity index (χ0v) is 16.4. The van der Waals surface area contributed by atoms with Gasteiger partial charge in [-0.3, -0.25) is 4.79 Å². The normalized spacial score (nSPS) is 14.8. The van der Waals surface area contributed by atoms with Crippen LogP contribution in [0.2, 0.25) is 0 Å². The number of halogens is 2. The molecule has 0 aliphatic heterocycles. The molecule has 0 N–H and O–H groups in total. The predicted octanol–water partition coefficient (Wildman–Crippen LogP) is 5.17. The number of esters is 1. The molecule has 1 aliphatic carbocycles. The van der Waals surface area contributed by atoms with Gasteiger partial charge in [0, 0.05) is 5.38 Å². The summed E-state index contributed by atoms with van der Waals surface area (Å²) in [5.41, 5.74) is 0.759. The molecule has 1 saturated carbocycles. The highest BCUT2D eigenvalue weighted by molar-refractivity contribution is 7.09. The minimum Gasteiger partial charge on any atom is -0.486 e. The Labute approximate surface area is 171 Å². The Kier molecular flexibility index (Phi) is 5.58. The molecule has 7 heteroatoms. The SMILES string of the molecule is O=C(OCc1csc(COc2ccc(F)cc2)n1)C1(c2ccc(F)cc2)CCC1. The Hall–Kier alpha value is -2.80. The highest BCUT2D eigenvalue weighted by atomic mass is 32.1. The molecule has 1 fully saturated rings. The smallest absolute Gasteiger partial charge is 0.316 e. The predicted molar refractivity (Wildman–Crippen MR) is 105 cm³/mol. The third kappa shape index (κ3) is 4.29. The van der Waals surface area contributed by atoms with E-state index in [1.807, 2.05) is 5.38 Å². The molecular weight excluding hydrogens is 396 g/mol. The van der Waals surface area contributed by atoms with Crippen LogP contribution in [0.25, 0.3) is 0 Å². The van der Waals surface area contributed by atoms with Crippen LogP contribution in [0.5, 0.6) is 5.75 Å². The van der Waals surface area contributed by atoms with Crippen LogP contribution in [-0.2, 0) is 28.2 Å². The molecule has 29 heavy (non-hydrogen) atoms. The molecule has 1 aromatic heterocycles. The lowest BCUT2D eigenvalue weighted by molar-refractivity contribution is -0.156. The van der Waals surface area contributed by atoms with Gasteiger partial charge in [0.05, 0.1) is 11.1 Å². The molecular formula is C22H19F2NO3S. The summed E-state index contributed by atoms with van der Waals surface area (Å²) < 4.78 is 37.2. The third-order valence-electron chi connectivity index (χ3n) is 5.12. The van der Waals surface area contributed by atoms with Crippen molar-refractivity contribution in [3.8, 4) is 5.75 Å². The van der Waals surface area contributed by atoms with Gasteiger partial charge in [0.1, 0.15) is 35.6 Å². The van der Waals surface area contributed by atoms with Crippen molar-refractivity contribution in [1.82, 2.24) is 4.98 Å². The Bertz CT molecular complexity index is 982. The van der Waals surface area contributed by atoms with Crippen molar-refractivity contribution < 1.29 is 23.0 Å². The van der Waals surface area contributed by atoms with Gasteiger partial charge < -0.3 is 9.47 Å². The van der Waals surface area contributed by atoms with Crippen molar-refractivity contribution in [3.63, 3.8) is 0 Å². The molecule has 0 spiro atoms. The Morgan fingerprint density at radius 1 is 1.00 bits per heavy atom. The molecule has 0 atom stereocenters. The minimum atomic E-state index is -0.682. The summed E-state index contributed by atoms with van der Waals surface area (Å²) in [5.74, 6) is -0.386. The molecule has 1 aliphatic rings. The highest BCUT2D eigenvalue weighted by Crippen LogP contribution is 2.45. The molecule has 0 radical (unpaired) electrons. The maximum atomic E-state index is 13.2. The first-order valence-electron chi connectivity index (χ1n) is 9.30. The van der Waals surface area contributed by atoms with Gasteiger partial charge in [-0.25, -0.2) is 13.8 Å². The number of thiazole rings is 1. The van der Waals surface area contributed by atoms with Crippen molar-refractivity contribution >= 4 is 17.3 Å². The lowest BCUT2D eigenvalue weighted by Crippen LogP contribution is -2.43. The second-order valence-electron chi connectivity index (χ2n) is 6.99. The van der Waals surface area contributed by atoms with E-state index in [2.05, 4.69) is 4.98 Å². The van der Waals surface area contributed by atoms with Gasteiger partial charge in [-0.15, -0.1) is 11.3 Å². The van der Waals surface area contributed by atoms with Gasteiger partial charge in [0.2, 0.25) is 0 Å². The second kappa shape index (κ2) is 8.29. The zero-order chi connectivity index (χ0) is 20.3. The minimum absolute atomic E-state index is 0.0782. The lowest BCUT2D eigenvalue weighted by Gasteiger charge is -2.39. The molecule has 0 bridgehead atoms. The van der Waals surface area contributed by atoms with Crippen LogP contribution in [0.1, 0.15) is 35.5 Å². The van der Waals surface area contributed by atoms with Gasteiger partial charge in [0.25, 0.3) is 0 Å². The molecule has 1 heterocycles. The monoisotopic (exact) mass is 415 g/mol. The fourth-order valence-electron chi connectivity index (χ4n) is 3.34. The van der Waals surface area contributed by atoms with Gasteiger partial charge in [0.15, 0.2) is 0 Å². The summed E-state index contributed by atoms with van der Waals surface area (Å²) in [7, 11) is 0. The van der Waals surface area contributed by atoms with Crippen LogP contribution in [0, 0.1) is 11.6 Å². The Balaban J connectivity index is 1.33. The molecule has 4 nitrogen and oxygen atoms in total. The maximum Gasteiger partial charge on any atom is 0.316 e. The van der Waals surface area contributed by atoms with E-state index in [1.54, 1.807) is 24.3 Å². The fourth-order valence-corrected chi connectivity index (χ4v) is 4.03. The van der Waals surface area contributed by atoms with E-state index in [9.17, 15) is 13.6 Å². The molecule has 0 unspecified atom stereocenters. The van der Waals surface area contributed by atoms with E-state index in [-0.39, 0.29) is 30.8 Å². The first-order valence-corrected chi connectivity index (χ1v) is 10.2. The summed E-state index contributed by atoms with van der Waals surface area (Å²) in [4.78, 5) is 17.2. The summed E-state index contributed by atoms with van der Waals surface area (Å²) in [6, 6.07) is 11.8. The molecule has 0 amide bonds. The van der Waals surface area contributed by atoms with E-state index >= 15 is 0 Å². The zero-order valence-electron chi connectivity index (χ0n) is 15.6. The number of carbonyl (C=O) groups is 1. The summed E-state index contributed by atoms with van der Waals surface area (Å²) in [5, 5.41) is 2.55. The summed E-state index contributed by atoms with van der Waals surface area (Å²) in [6.45, 7) is 0.332. The first-order chi connectivity index (χ1) is 14.0. The average molecular weight is 415 g/mol. The quantitative estimate of drug-likeness (QED) is 0.500. The number of rotatable bonds is 7. The average Bonchev–Trinajstić information content (AvgIpc) is 3.14. The van der Waals surface area contributed by atoms with E-state index < -0.39 is 5.41 Å². The van der Waals surface area contributed by atoms with E-state index in [1.165, 1.54) is 35.6 Å². The van der Waals surface area contributed by atoms with Gasteiger partial charge in [-0.05, 0) is 54.8 Å². The number of hydrogen-bond donors (Lipinski definition) is 0. The molecule has 4 rings (SSSR count). The van der Waals surface area contributed by atoms with Gasteiger partial charge in [-0.2, -0.15) is 0 Å². The number of ether oxygens (including phenoxy) is 2. The number of aromatic nitrogens is 1. The van der Waals surface area contributed by atoms with Crippen LogP contribution in [-0.4, -0.2) is 11.0 Å².